The average molecular weight is 361 g/mol. The molecule has 2 aromatic heterocycles. The van der Waals surface area contributed by atoms with E-state index in [9.17, 15) is 4.79 Å². The molecule has 0 fully saturated rings. The number of nitrogens with one attached hydrogen (secondary N) is 2. The first-order chi connectivity index (χ1) is 11.7. The topological polar surface area (TPSA) is 54.3 Å². The second kappa shape index (κ2) is 8.04. The summed E-state index contributed by atoms with van der Waals surface area (Å²) in [5.41, 5.74) is 2.13. The number of amides is 2. The third-order valence-corrected chi connectivity index (χ3v) is 4.62. The van der Waals surface area contributed by atoms with Gasteiger partial charge in [0.05, 0.1) is 12.2 Å². The fraction of sp³-hybridized carbons (Fsp3) is 0.167. The first kappa shape index (κ1) is 16.6. The van der Waals surface area contributed by atoms with Crippen LogP contribution in [0.15, 0.2) is 63.9 Å². The summed E-state index contributed by atoms with van der Waals surface area (Å²) in [5.74, 6) is 0.846. The van der Waals surface area contributed by atoms with E-state index in [1.807, 2.05) is 35.7 Å². The lowest BCUT2D eigenvalue weighted by atomic mass is 9.99. The first-order valence-corrected chi connectivity index (χ1v) is 8.86. The first-order valence-electron chi connectivity index (χ1n) is 7.54. The molecule has 2 N–H and O–H groups in total. The summed E-state index contributed by atoms with van der Waals surface area (Å²) >= 11 is 7.48. The summed E-state index contributed by atoms with van der Waals surface area (Å²) in [4.78, 5) is 12.1. The van der Waals surface area contributed by atoms with Crippen LogP contribution in [0.1, 0.15) is 22.8 Å². The van der Waals surface area contributed by atoms with E-state index >= 15 is 0 Å². The predicted molar refractivity (Wildman–Crippen MR) is 96.6 cm³/mol. The van der Waals surface area contributed by atoms with Gasteiger partial charge in [0, 0.05) is 18.1 Å². The van der Waals surface area contributed by atoms with Crippen molar-refractivity contribution in [3.63, 3.8) is 0 Å². The molecule has 0 spiro atoms. The Labute approximate surface area is 149 Å². The Balaban J connectivity index is 1.54. The normalized spacial score (nSPS) is 11.9. The molecule has 6 heteroatoms. The van der Waals surface area contributed by atoms with Crippen molar-refractivity contribution in [2.24, 2.45) is 0 Å². The number of carbonyl (C=O) groups is 1. The molecule has 0 bridgehead atoms. The molecule has 124 valence electrons. The van der Waals surface area contributed by atoms with Gasteiger partial charge < -0.3 is 15.1 Å². The van der Waals surface area contributed by atoms with E-state index in [1.165, 1.54) is 0 Å². The van der Waals surface area contributed by atoms with Crippen LogP contribution >= 0.6 is 22.9 Å². The predicted octanol–water partition coefficient (Wildman–Crippen LogP) is 4.63. The molecule has 24 heavy (non-hydrogen) atoms. The van der Waals surface area contributed by atoms with Gasteiger partial charge in [-0.15, -0.1) is 0 Å². The van der Waals surface area contributed by atoms with E-state index in [0.29, 0.717) is 18.1 Å². The lowest BCUT2D eigenvalue weighted by Gasteiger charge is -2.15. The summed E-state index contributed by atoms with van der Waals surface area (Å²) in [6.07, 6.45) is 1.65. The van der Waals surface area contributed by atoms with Gasteiger partial charge in [-0.25, -0.2) is 4.79 Å². The van der Waals surface area contributed by atoms with Crippen LogP contribution in [0.25, 0.3) is 0 Å². The van der Waals surface area contributed by atoms with Gasteiger partial charge >= 0.3 is 6.03 Å². The van der Waals surface area contributed by atoms with Crippen LogP contribution in [0.2, 0.25) is 5.02 Å². The van der Waals surface area contributed by atoms with Gasteiger partial charge in [-0.2, -0.15) is 11.3 Å². The van der Waals surface area contributed by atoms with Crippen molar-refractivity contribution in [1.82, 2.24) is 10.6 Å². The van der Waals surface area contributed by atoms with Crippen LogP contribution < -0.4 is 10.6 Å². The molecule has 0 aliphatic rings. The molecule has 0 aliphatic heterocycles. The van der Waals surface area contributed by atoms with Gasteiger partial charge in [-0.3, -0.25) is 0 Å². The van der Waals surface area contributed by atoms with Gasteiger partial charge in [-0.1, -0.05) is 23.7 Å². The van der Waals surface area contributed by atoms with E-state index in [2.05, 4.69) is 16.0 Å². The summed E-state index contributed by atoms with van der Waals surface area (Å²) in [7, 11) is 0. The van der Waals surface area contributed by atoms with Crippen molar-refractivity contribution in [2.75, 3.05) is 6.54 Å². The second-order valence-electron chi connectivity index (χ2n) is 5.31. The zero-order chi connectivity index (χ0) is 16.8. The zero-order valence-electron chi connectivity index (χ0n) is 12.9. The fourth-order valence-corrected chi connectivity index (χ4v) is 3.23. The minimum atomic E-state index is -0.211. The van der Waals surface area contributed by atoms with Crippen LogP contribution in [0.5, 0.6) is 0 Å². The third-order valence-electron chi connectivity index (χ3n) is 3.67. The van der Waals surface area contributed by atoms with Gasteiger partial charge in [0.15, 0.2) is 0 Å². The minimum Gasteiger partial charge on any atom is -0.469 e. The molecular formula is C18H17ClN2O2S. The maximum atomic E-state index is 12.1. The van der Waals surface area contributed by atoms with E-state index in [4.69, 9.17) is 16.0 Å². The Hall–Kier alpha value is -2.24. The van der Waals surface area contributed by atoms with E-state index in [-0.39, 0.29) is 11.9 Å². The maximum Gasteiger partial charge on any atom is 0.315 e. The van der Waals surface area contributed by atoms with Crippen molar-refractivity contribution < 1.29 is 9.21 Å². The number of thiophene rings is 1. The molecule has 4 nitrogen and oxygen atoms in total. The third kappa shape index (κ3) is 4.40. The number of rotatable bonds is 6. The molecule has 2 amide bonds. The highest BCUT2D eigenvalue weighted by molar-refractivity contribution is 7.08. The van der Waals surface area contributed by atoms with Crippen LogP contribution in [-0.2, 0) is 6.54 Å². The molecular weight excluding hydrogens is 344 g/mol. The number of benzene rings is 1. The molecule has 2 heterocycles. The maximum absolute atomic E-state index is 12.1. The summed E-state index contributed by atoms with van der Waals surface area (Å²) in [6.45, 7) is 0.920. The SMILES string of the molecule is O=C(NCc1ccc(Cl)cc1)NCC(c1ccsc1)c1ccco1. The van der Waals surface area contributed by atoms with Gasteiger partial charge in [0.1, 0.15) is 5.76 Å². The Kier molecular flexibility index (Phi) is 5.56. The minimum absolute atomic E-state index is 0.00697. The molecule has 3 rings (SSSR count). The van der Waals surface area contributed by atoms with Crippen molar-refractivity contribution in [3.8, 4) is 0 Å². The van der Waals surface area contributed by atoms with Crippen molar-refractivity contribution >= 4 is 29.0 Å². The van der Waals surface area contributed by atoms with E-state index in [1.54, 1.807) is 29.7 Å². The number of hydrogen-bond acceptors (Lipinski definition) is 3. The highest BCUT2D eigenvalue weighted by atomic mass is 35.5. The second-order valence-corrected chi connectivity index (χ2v) is 6.53. The van der Waals surface area contributed by atoms with Crippen LogP contribution in [0.3, 0.4) is 0 Å². The smallest absolute Gasteiger partial charge is 0.315 e. The molecule has 1 aromatic carbocycles. The molecule has 0 saturated carbocycles. The number of urea groups is 1. The lowest BCUT2D eigenvalue weighted by molar-refractivity contribution is 0.240. The van der Waals surface area contributed by atoms with E-state index < -0.39 is 0 Å². The average Bonchev–Trinajstić information content (AvgIpc) is 3.29. The lowest BCUT2D eigenvalue weighted by Crippen LogP contribution is -2.37. The monoisotopic (exact) mass is 360 g/mol. The van der Waals surface area contributed by atoms with Gasteiger partial charge in [-0.05, 0) is 52.2 Å². The van der Waals surface area contributed by atoms with Gasteiger partial charge in [0.25, 0.3) is 0 Å². The fourth-order valence-electron chi connectivity index (χ4n) is 2.39. The molecule has 0 aliphatic carbocycles. The Morgan fingerprint density at radius 2 is 2.00 bits per heavy atom. The number of hydrogen-bond donors (Lipinski definition) is 2. The number of carbonyl (C=O) groups excluding carboxylic acids is 1. The number of halogens is 1. The molecule has 0 radical (unpaired) electrons. The molecule has 1 atom stereocenters. The standard InChI is InChI=1S/C18H17ClN2O2S/c19-15-5-3-13(4-6-15)10-20-18(22)21-11-16(14-7-9-24-12-14)17-2-1-8-23-17/h1-9,12,16H,10-11H2,(H2,20,21,22). The van der Waals surface area contributed by atoms with Crippen molar-refractivity contribution in [1.29, 1.82) is 0 Å². The Morgan fingerprint density at radius 1 is 1.17 bits per heavy atom. The van der Waals surface area contributed by atoms with Crippen molar-refractivity contribution in [2.45, 2.75) is 12.5 Å². The van der Waals surface area contributed by atoms with Crippen LogP contribution in [-0.4, -0.2) is 12.6 Å². The molecule has 0 saturated heterocycles. The summed E-state index contributed by atoms with van der Waals surface area (Å²) in [6, 6.07) is 13.0. The Morgan fingerprint density at radius 3 is 2.67 bits per heavy atom. The number of furan rings is 1. The largest absolute Gasteiger partial charge is 0.469 e. The highest BCUT2D eigenvalue weighted by Gasteiger charge is 2.18. The highest BCUT2D eigenvalue weighted by Crippen LogP contribution is 2.26. The molecule has 1 unspecified atom stereocenters. The van der Waals surface area contributed by atoms with Crippen LogP contribution in [0.4, 0.5) is 4.79 Å². The molecule has 3 aromatic rings. The van der Waals surface area contributed by atoms with Crippen LogP contribution in [0, 0.1) is 0 Å². The van der Waals surface area contributed by atoms with E-state index in [0.717, 1.165) is 16.9 Å². The quantitative estimate of drug-likeness (QED) is 0.673. The summed E-state index contributed by atoms with van der Waals surface area (Å²) in [5, 5.41) is 10.5. The zero-order valence-corrected chi connectivity index (χ0v) is 14.4. The summed E-state index contributed by atoms with van der Waals surface area (Å²) < 4.78 is 5.51. The van der Waals surface area contributed by atoms with Gasteiger partial charge in [0.2, 0.25) is 0 Å². The Bertz CT molecular complexity index is 721. The van der Waals surface area contributed by atoms with Crippen molar-refractivity contribution in [3.05, 3.63) is 81.4 Å².